The molecule has 11 nitrogen and oxygen atoms in total. The van der Waals surface area contributed by atoms with E-state index in [1.807, 2.05) is 0 Å². The van der Waals surface area contributed by atoms with Gasteiger partial charge in [-0.2, -0.15) is 16.8 Å². The maximum Gasteiger partial charge on any atom is 1.00 e. The number of aliphatic carboxylic acids is 1. The van der Waals surface area contributed by atoms with Gasteiger partial charge in [0.2, 0.25) is 0 Å². The Hall–Kier alpha value is -0.280. The van der Waals surface area contributed by atoms with Gasteiger partial charge in [0.25, 0.3) is 0 Å². The van der Waals surface area contributed by atoms with Gasteiger partial charge in [-0.25, -0.2) is 0 Å². The van der Waals surface area contributed by atoms with Crippen molar-refractivity contribution in [2.45, 2.75) is 12.8 Å². The summed E-state index contributed by atoms with van der Waals surface area (Å²) in [5, 5.41) is 9.74. The van der Waals surface area contributed by atoms with Crippen molar-refractivity contribution in [3.63, 3.8) is 0 Å². The molecule has 0 aromatic carbocycles. The SMILES string of the molecule is O=C([O-])CCC(=O)OS(=O)(=O)O.O=S(=O)(O)O.[Na+]. The molecule has 0 amide bonds. The van der Waals surface area contributed by atoms with Gasteiger partial charge in [0.1, 0.15) is 0 Å². The summed E-state index contributed by atoms with van der Waals surface area (Å²) in [5.74, 6) is -2.86. The zero-order chi connectivity index (χ0) is 14.3. The largest absolute Gasteiger partial charge is 1.00 e. The van der Waals surface area contributed by atoms with Crippen molar-refractivity contribution in [1.29, 1.82) is 0 Å². The van der Waals surface area contributed by atoms with Crippen LogP contribution in [0.25, 0.3) is 0 Å². The summed E-state index contributed by atoms with van der Waals surface area (Å²) in [5.41, 5.74) is 0. The minimum atomic E-state index is -4.83. The van der Waals surface area contributed by atoms with E-state index < -0.39 is 45.6 Å². The molecule has 0 saturated carbocycles. The van der Waals surface area contributed by atoms with Crippen molar-refractivity contribution in [3.05, 3.63) is 0 Å². The molecular formula is C4H7NaO11S2. The monoisotopic (exact) mass is 318 g/mol. The van der Waals surface area contributed by atoms with Crippen LogP contribution in [-0.2, 0) is 34.6 Å². The molecule has 0 bridgehead atoms. The minimum absolute atomic E-state index is 0. The maximum atomic E-state index is 10.3. The van der Waals surface area contributed by atoms with Gasteiger partial charge in [-0.3, -0.25) is 18.5 Å². The Morgan fingerprint density at radius 2 is 1.33 bits per heavy atom. The van der Waals surface area contributed by atoms with Crippen LogP contribution in [0.4, 0.5) is 0 Å². The van der Waals surface area contributed by atoms with E-state index in [2.05, 4.69) is 4.18 Å². The second kappa shape index (κ2) is 9.62. The number of carboxylic acids is 1. The molecule has 14 heteroatoms. The van der Waals surface area contributed by atoms with Crippen molar-refractivity contribution in [1.82, 2.24) is 0 Å². The molecule has 0 unspecified atom stereocenters. The molecule has 0 aliphatic carbocycles. The fraction of sp³-hybridized carbons (Fsp3) is 0.500. The summed E-state index contributed by atoms with van der Waals surface area (Å²) < 4.78 is 62.6. The van der Waals surface area contributed by atoms with Gasteiger partial charge in [0.15, 0.2) is 0 Å². The molecule has 0 aliphatic heterocycles. The summed E-state index contributed by atoms with van der Waals surface area (Å²) >= 11 is 0. The number of carbonyl (C=O) groups excluding carboxylic acids is 2. The molecule has 0 atom stereocenters. The van der Waals surface area contributed by atoms with Gasteiger partial charge < -0.3 is 14.1 Å². The van der Waals surface area contributed by atoms with E-state index in [1.165, 1.54) is 0 Å². The zero-order valence-electron chi connectivity index (χ0n) is 8.84. The first-order chi connectivity index (χ1) is 7.31. The fourth-order valence-electron chi connectivity index (χ4n) is 0.363. The van der Waals surface area contributed by atoms with Gasteiger partial charge in [-0.1, -0.05) is 0 Å². The van der Waals surface area contributed by atoms with E-state index in [9.17, 15) is 23.1 Å². The molecule has 0 aliphatic rings. The van der Waals surface area contributed by atoms with E-state index >= 15 is 0 Å². The third kappa shape index (κ3) is 36.1. The zero-order valence-corrected chi connectivity index (χ0v) is 12.5. The molecule has 102 valence electrons. The van der Waals surface area contributed by atoms with E-state index in [-0.39, 0.29) is 29.6 Å². The minimum Gasteiger partial charge on any atom is -0.550 e. The van der Waals surface area contributed by atoms with Crippen molar-refractivity contribution >= 4 is 32.7 Å². The molecular weight excluding hydrogens is 311 g/mol. The smallest absolute Gasteiger partial charge is 0.550 e. The molecule has 3 N–H and O–H groups in total. The van der Waals surface area contributed by atoms with Crippen LogP contribution in [0.5, 0.6) is 0 Å². The molecule has 0 aromatic rings. The summed E-state index contributed by atoms with van der Waals surface area (Å²) in [4.78, 5) is 20.0. The molecule has 0 aromatic heterocycles. The predicted octanol–water partition coefficient (Wildman–Crippen LogP) is -5.79. The van der Waals surface area contributed by atoms with E-state index in [1.54, 1.807) is 0 Å². The second-order valence-corrected chi connectivity index (χ2v) is 4.12. The first-order valence-electron chi connectivity index (χ1n) is 3.40. The third-order valence-electron chi connectivity index (χ3n) is 0.732. The van der Waals surface area contributed by atoms with Crippen LogP contribution in [0.15, 0.2) is 0 Å². The Morgan fingerprint density at radius 3 is 1.56 bits per heavy atom. The van der Waals surface area contributed by atoms with Crippen molar-refractivity contribution in [3.8, 4) is 0 Å². The molecule has 18 heavy (non-hydrogen) atoms. The van der Waals surface area contributed by atoms with Crippen molar-refractivity contribution in [2.75, 3.05) is 0 Å². The van der Waals surface area contributed by atoms with Gasteiger partial charge in [-0.15, -0.1) is 0 Å². The molecule has 0 rings (SSSR count). The predicted molar refractivity (Wildman–Crippen MR) is 46.1 cm³/mol. The Bertz CT molecular complexity index is 453. The number of carbonyl (C=O) groups is 2. The number of hydrogen-bond donors (Lipinski definition) is 3. The van der Waals surface area contributed by atoms with Gasteiger partial charge in [0.05, 0.1) is 6.42 Å². The van der Waals surface area contributed by atoms with Gasteiger partial charge >= 0.3 is 56.3 Å². The van der Waals surface area contributed by atoms with Crippen LogP contribution in [0, 0.1) is 0 Å². The number of rotatable bonds is 4. The summed E-state index contributed by atoms with van der Waals surface area (Å²) in [6.07, 6.45) is -1.32. The van der Waals surface area contributed by atoms with Crippen LogP contribution in [0.3, 0.4) is 0 Å². The Labute approximate surface area is 124 Å². The first kappa shape index (κ1) is 22.9. The van der Waals surface area contributed by atoms with Gasteiger partial charge in [0, 0.05) is 5.97 Å². The summed E-state index contributed by atoms with van der Waals surface area (Å²) in [6, 6.07) is 0. The van der Waals surface area contributed by atoms with Crippen LogP contribution in [0.1, 0.15) is 12.8 Å². The normalized spacial score (nSPS) is 10.4. The average molecular weight is 318 g/mol. The number of carboxylic acid groups (broad SMARTS) is 1. The van der Waals surface area contributed by atoms with Gasteiger partial charge in [-0.05, 0) is 6.42 Å². The van der Waals surface area contributed by atoms with Crippen molar-refractivity contribution in [2.24, 2.45) is 0 Å². The second-order valence-electron chi connectivity index (χ2n) is 2.20. The van der Waals surface area contributed by atoms with Crippen LogP contribution < -0.4 is 34.7 Å². The quantitative estimate of drug-likeness (QED) is 0.330. The van der Waals surface area contributed by atoms with Crippen LogP contribution in [0.2, 0.25) is 0 Å². The molecule has 0 saturated heterocycles. The molecule has 0 spiro atoms. The van der Waals surface area contributed by atoms with Crippen LogP contribution >= 0.6 is 0 Å². The third-order valence-corrected chi connectivity index (χ3v) is 1.13. The fourth-order valence-corrected chi connectivity index (χ4v) is 0.681. The summed E-state index contributed by atoms with van der Waals surface area (Å²) in [7, 11) is -9.50. The molecule has 0 fully saturated rings. The standard InChI is InChI=1S/C4H6O7S.Na.H2O4S/c5-3(6)1-2-4(7)11-12(8,9)10;;1-5(2,3)4/h1-2H2,(H,5,6)(H,8,9,10);;(H2,1,2,3,4)/q;+1;/p-1. The van der Waals surface area contributed by atoms with E-state index in [4.69, 9.17) is 22.1 Å². The van der Waals surface area contributed by atoms with Crippen LogP contribution in [-0.4, -0.2) is 42.4 Å². The molecule has 0 heterocycles. The van der Waals surface area contributed by atoms with E-state index in [0.29, 0.717) is 0 Å². The topological polar surface area (TPSA) is 195 Å². The number of hydrogen-bond acceptors (Lipinski definition) is 8. The van der Waals surface area contributed by atoms with E-state index in [0.717, 1.165) is 0 Å². The molecule has 0 radical (unpaired) electrons. The average Bonchev–Trinajstić information content (AvgIpc) is 1.93. The maximum absolute atomic E-state index is 10.3. The summed E-state index contributed by atoms with van der Waals surface area (Å²) in [6.45, 7) is 0. The Morgan fingerprint density at radius 1 is 1.00 bits per heavy atom. The Balaban J connectivity index is -0.000000321. The Kier molecular flexibility index (Phi) is 12.2. The van der Waals surface area contributed by atoms with Crippen molar-refractivity contribution < 1.29 is 78.9 Å². The first-order valence-corrected chi connectivity index (χ1v) is 6.17.